The van der Waals surface area contributed by atoms with Crippen molar-refractivity contribution in [3.05, 3.63) is 55.7 Å². The summed E-state index contributed by atoms with van der Waals surface area (Å²) in [6.07, 6.45) is -5.99. The molecule has 2 N–H and O–H groups in total. The lowest BCUT2D eigenvalue weighted by Crippen LogP contribution is -2.73. The van der Waals surface area contributed by atoms with Crippen molar-refractivity contribution < 1.29 is 77.1 Å². The molecule has 18 nitrogen and oxygen atoms in total. The number of Topliss-reactive ketones (excluding diaryl/α,β-unsaturated/α-hetero) is 1. The summed E-state index contributed by atoms with van der Waals surface area (Å²) < 4.78 is 67.4. The molecule has 2 aromatic carbocycles. The van der Waals surface area contributed by atoms with Crippen LogP contribution in [0.1, 0.15) is 78.0 Å². The summed E-state index contributed by atoms with van der Waals surface area (Å²) in [5, 5.41) is 12.8. The van der Waals surface area contributed by atoms with E-state index in [0.717, 1.165) is 12.1 Å². The Balaban J connectivity index is 2.41. The Morgan fingerprint density at radius 1 is 0.833 bits per heavy atom. The molecule has 21 heteroatoms. The fraction of sp³-hybridized carbons (Fsp3) is 0.424. The van der Waals surface area contributed by atoms with Gasteiger partial charge < -0.3 is 38.9 Å². The molecule has 0 amide bonds. The SMILES string of the molecule is [2H]CC(=O)OC[C@H]1OC(OC(=O)C[2H])(C(=O)c2ccc(-c3c(I)c(C(=O)OCC)c(I)c(C(=O)OCC)c3I)cc2[N+](=O)[O-])[C@H](N)[C@@H](OC(=O)C[2H])[C@@H]1OC(=O)C[2H]. The highest BCUT2D eigenvalue weighted by atomic mass is 127. The van der Waals surface area contributed by atoms with Crippen molar-refractivity contribution >= 4 is 115 Å². The van der Waals surface area contributed by atoms with E-state index >= 15 is 0 Å². The van der Waals surface area contributed by atoms with Crippen LogP contribution in [0, 0.1) is 20.8 Å². The minimum atomic E-state index is -3.28. The molecule has 0 aliphatic carbocycles. The number of nitro benzene ring substituents is 1. The maximum Gasteiger partial charge on any atom is 0.340 e. The zero-order chi connectivity index (χ0) is 43.6. The van der Waals surface area contributed by atoms with Crippen molar-refractivity contribution in [1.29, 1.82) is 0 Å². The molecule has 1 unspecified atom stereocenters. The molecule has 0 saturated carbocycles. The van der Waals surface area contributed by atoms with E-state index in [-0.39, 0.29) is 46.2 Å². The van der Waals surface area contributed by atoms with Crippen LogP contribution in [0.2, 0.25) is 0 Å². The van der Waals surface area contributed by atoms with Gasteiger partial charge in [-0.15, -0.1) is 0 Å². The molecule has 1 aliphatic heterocycles. The summed E-state index contributed by atoms with van der Waals surface area (Å²) in [4.78, 5) is 103. The normalized spacial score (nSPS) is 21.5. The minimum absolute atomic E-state index is 0.0135. The van der Waals surface area contributed by atoms with Crippen LogP contribution in [-0.4, -0.2) is 96.5 Å². The van der Waals surface area contributed by atoms with Crippen LogP contribution in [0.3, 0.4) is 0 Å². The number of benzene rings is 2. The van der Waals surface area contributed by atoms with Gasteiger partial charge in [0.15, 0.2) is 12.2 Å². The van der Waals surface area contributed by atoms with Crippen LogP contribution in [0.25, 0.3) is 11.1 Å². The first-order chi connectivity index (χ1) is 27.4. The second-order valence-electron chi connectivity index (χ2n) is 10.7. The van der Waals surface area contributed by atoms with Crippen LogP contribution in [0.5, 0.6) is 0 Å². The lowest BCUT2D eigenvalue weighted by atomic mass is 9.84. The van der Waals surface area contributed by atoms with Crippen LogP contribution in [-0.2, 0) is 52.3 Å². The molecule has 0 radical (unpaired) electrons. The van der Waals surface area contributed by atoms with Gasteiger partial charge in [-0.1, -0.05) is 6.07 Å². The predicted molar refractivity (Wildman–Crippen MR) is 208 cm³/mol. The van der Waals surface area contributed by atoms with Crippen LogP contribution in [0.4, 0.5) is 5.69 Å². The number of ether oxygens (including phenoxy) is 7. The summed E-state index contributed by atoms with van der Waals surface area (Å²) in [7, 11) is 0. The van der Waals surface area contributed by atoms with Crippen molar-refractivity contribution in [2.24, 2.45) is 5.73 Å². The Kier molecular flexibility index (Phi) is 13.5. The van der Waals surface area contributed by atoms with Gasteiger partial charge in [0.2, 0.25) is 5.78 Å². The van der Waals surface area contributed by atoms with E-state index in [9.17, 15) is 43.7 Å². The molecule has 0 spiro atoms. The summed E-state index contributed by atoms with van der Waals surface area (Å²) in [6.45, 7) is -2.15. The number of carbonyl (C=O) groups is 7. The number of rotatable bonds is 13. The first-order valence-electron chi connectivity index (χ1n) is 18.0. The average molecular weight is 1100 g/mol. The van der Waals surface area contributed by atoms with E-state index in [1.807, 2.05) is 0 Å². The molecule has 1 aliphatic rings. The molecule has 1 fully saturated rings. The second kappa shape index (κ2) is 18.9. The van der Waals surface area contributed by atoms with E-state index in [4.69, 9.17) is 44.4 Å². The number of esters is 6. The van der Waals surface area contributed by atoms with Gasteiger partial charge in [0.1, 0.15) is 24.3 Å². The van der Waals surface area contributed by atoms with E-state index in [1.165, 1.54) is 6.07 Å². The Morgan fingerprint density at radius 3 is 1.87 bits per heavy atom. The number of nitrogens with zero attached hydrogens (tertiary/aromatic N) is 1. The van der Waals surface area contributed by atoms with Gasteiger partial charge in [0, 0.05) is 55.4 Å². The third-order valence-electron chi connectivity index (χ3n) is 7.34. The molecule has 54 heavy (non-hydrogen) atoms. The molecule has 0 aromatic heterocycles. The number of halogens is 3. The molecule has 3 rings (SSSR count). The topological polar surface area (TPSA) is 253 Å². The Bertz CT molecular complexity index is 1950. The highest BCUT2D eigenvalue weighted by Gasteiger charge is 2.63. The van der Waals surface area contributed by atoms with E-state index < -0.39 is 122 Å². The predicted octanol–water partition coefficient (Wildman–Crippen LogP) is 4.02. The fourth-order valence-electron chi connectivity index (χ4n) is 5.31. The maximum absolute atomic E-state index is 14.8. The van der Waals surface area contributed by atoms with Gasteiger partial charge in [-0.05, 0) is 93.2 Å². The van der Waals surface area contributed by atoms with Crippen molar-refractivity contribution in [3.63, 3.8) is 0 Å². The first kappa shape index (κ1) is 38.7. The third-order valence-corrected chi connectivity index (χ3v) is 10.6. The quantitative estimate of drug-likeness (QED) is 0.0742. The monoisotopic (exact) mass is 1100 g/mol. The number of nitrogens with two attached hydrogens (primary N) is 1. The smallest absolute Gasteiger partial charge is 0.340 e. The van der Waals surface area contributed by atoms with Crippen molar-refractivity contribution in [3.8, 4) is 11.1 Å². The van der Waals surface area contributed by atoms with Crippen molar-refractivity contribution in [2.75, 3.05) is 19.8 Å². The van der Waals surface area contributed by atoms with Crippen LogP contribution in [0.15, 0.2) is 18.2 Å². The summed E-state index contributed by atoms with van der Waals surface area (Å²) in [5.41, 5.74) is 4.58. The van der Waals surface area contributed by atoms with Crippen molar-refractivity contribution in [1.82, 2.24) is 0 Å². The van der Waals surface area contributed by atoms with Gasteiger partial charge in [-0.3, -0.25) is 34.1 Å². The molecule has 5 atom stereocenters. The minimum Gasteiger partial charge on any atom is -0.463 e. The lowest BCUT2D eigenvalue weighted by Gasteiger charge is -2.48. The zero-order valence-electron chi connectivity index (χ0n) is 32.2. The highest BCUT2D eigenvalue weighted by molar-refractivity contribution is 14.1. The number of ketones is 1. The molecule has 1 saturated heterocycles. The highest BCUT2D eigenvalue weighted by Crippen LogP contribution is 2.42. The molecule has 2 aromatic rings. The molecular formula is C33H33I3N2O16. The fourth-order valence-corrected chi connectivity index (χ4v) is 9.98. The van der Waals surface area contributed by atoms with E-state index in [0.29, 0.717) is 0 Å². The summed E-state index contributed by atoms with van der Waals surface area (Å²) in [5.74, 6) is -11.8. The first-order valence-corrected chi connectivity index (χ1v) is 18.4. The second-order valence-corrected chi connectivity index (χ2v) is 14.0. The van der Waals surface area contributed by atoms with Crippen molar-refractivity contribution in [2.45, 2.75) is 71.6 Å². The van der Waals surface area contributed by atoms with Gasteiger partial charge in [-0.2, -0.15) is 0 Å². The third kappa shape index (κ3) is 9.62. The van der Waals surface area contributed by atoms with Gasteiger partial charge in [0.25, 0.3) is 11.5 Å². The summed E-state index contributed by atoms with van der Waals surface area (Å²) >= 11 is 5.39. The molecule has 0 bridgehead atoms. The number of hydrogen-bond donors (Lipinski definition) is 1. The molecule has 292 valence electrons. The number of hydrogen-bond acceptors (Lipinski definition) is 17. The Labute approximate surface area is 353 Å². The Morgan fingerprint density at radius 2 is 1.37 bits per heavy atom. The van der Waals surface area contributed by atoms with Gasteiger partial charge in [-0.25, -0.2) is 9.59 Å². The largest absolute Gasteiger partial charge is 0.463 e. The number of carbonyl (C=O) groups excluding carboxylic acids is 7. The number of nitro groups is 1. The van der Waals surface area contributed by atoms with Crippen LogP contribution < -0.4 is 5.73 Å². The molecular weight excluding hydrogens is 1060 g/mol. The van der Waals surface area contributed by atoms with Crippen LogP contribution >= 0.6 is 67.8 Å². The standard InChI is InChI=1S/C33H33I3N2O16/c1-7-48-31(44)22-24(34)21(25(35)23(26(22)36)32(45)49-8-2)17-9-10-18(19(11-17)38(46)47)30(43)33(53-16(6)42)29(37)28(52-15(5)41)27(51-14(4)40)20(54-33)12-50-13(3)39/h9-11,20,27-29H,7-8,12,37H2,1-6H3/t20-,27-,28+,29-,33?/m1/s1/i3D,4D,5D,6D. The Hall–Kier alpha value is -3.56. The maximum atomic E-state index is 14.8. The van der Waals surface area contributed by atoms with Gasteiger partial charge in [0.05, 0.1) is 29.3 Å². The zero-order valence-corrected chi connectivity index (χ0v) is 34.7. The van der Waals surface area contributed by atoms with E-state index in [2.05, 4.69) is 0 Å². The average Bonchev–Trinajstić information content (AvgIpc) is 3.18. The van der Waals surface area contributed by atoms with Gasteiger partial charge >= 0.3 is 35.8 Å². The lowest BCUT2D eigenvalue weighted by molar-refractivity contribution is -0.385. The summed E-state index contributed by atoms with van der Waals surface area (Å²) in [6, 6.07) is 0.748. The molecule has 1 heterocycles. The van der Waals surface area contributed by atoms with E-state index in [1.54, 1.807) is 81.6 Å².